The van der Waals surface area contributed by atoms with Gasteiger partial charge >= 0.3 is 0 Å². The van der Waals surface area contributed by atoms with Crippen LogP contribution in [0.5, 0.6) is 0 Å². The average molecular weight is 273 g/mol. The van der Waals surface area contributed by atoms with Crippen LogP contribution in [0.2, 0.25) is 5.02 Å². The van der Waals surface area contributed by atoms with Crippen LogP contribution in [0.3, 0.4) is 0 Å². The van der Waals surface area contributed by atoms with Crippen molar-refractivity contribution in [3.05, 3.63) is 16.4 Å². The molecule has 0 atom stereocenters. The van der Waals surface area contributed by atoms with Gasteiger partial charge in [-0.25, -0.2) is 0 Å². The molecule has 5 nitrogen and oxygen atoms in total. The Morgan fingerprint density at radius 1 is 1.50 bits per heavy atom. The zero-order valence-corrected chi connectivity index (χ0v) is 12.2. The van der Waals surface area contributed by atoms with E-state index in [0.717, 1.165) is 17.8 Å². The van der Waals surface area contributed by atoms with Crippen molar-refractivity contribution in [3.8, 4) is 0 Å². The number of nitrogens with one attached hydrogen (secondary N) is 1. The number of carbonyl (C=O) groups is 1. The summed E-state index contributed by atoms with van der Waals surface area (Å²) in [7, 11) is 3.65. The summed E-state index contributed by atoms with van der Waals surface area (Å²) in [6.07, 6.45) is 0.810. The van der Waals surface area contributed by atoms with Gasteiger partial charge in [0.25, 0.3) is 0 Å². The largest absolute Gasteiger partial charge is 0.345 e. The van der Waals surface area contributed by atoms with Gasteiger partial charge in [0.2, 0.25) is 5.91 Å². The summed E-state index contributed by atoms with van der Waals surface area (Å²) in [6, 6.07) is 0. The maximum absolute atomic E-state index is 11.6. The van der Waals surface area contributed by atoms with Crippen LogP contribution in [-0.2, 0) is 24.8 Å². The Balaban J connectivity index is 2.54. The third kappa shape index (κ3) is 3.46. The van der Waals surface area contributed by atoms with Gasteiger partial charge in [0.1, 0.15) is 0 Å². The Morgan fingerprint density at radius 2 is 2.17 bits per heavy atom. The van der Waals surface area contributed by atoms with Crippen LogP contribution in [0.25, 0.3) is 0 Å². The maximum atomic E-state index is 11.6. The third-order valence-electron chi connectivity index (χ3n) is 2.97. The molecule has 6 heteroatoms. The lowest BCUT2D eigenvalue weighted by molar-refractivity contribution is -0.128. The Bertz CT molecular complexity index is 416. The number of aryl methyl sites for hydroxylation is 2. The molecule has 0 bridgehead atoms. The molecule has 0 aliphatic carbocycles. The summed E-state index contributed by atoms with van der Waals surface area (Å²) >= 11 is 6.22. The topological polar surface area (TPSA) is 50.2 Å². The van der Waals surface area contributed by atoms with Crippen LogP contribution in [0.4, 0.5) is 0 Å². The van der Waals surface area contributed by atoms with E-state index in [1.807, 2.05) is 20.9 Å². The number of aromatic nitrogens is 2. The van der Waals surface area contributed by atoms with E-state index in [0.29, 0.717) is 24.7 Å². The second kappa shape index (κ2) is 6.75. The maximum Gasteiger partial charge on any atom is 0.236 e. The fourth-order valence-corrected chi connectivity index (χ4v) is 1.97. The summed E-state index contributed by atoms with van der Waals surface area (Å²) in [5, 5.41) is 8.12. The molecular formula is C12H21ClN4O. The summed E-state index contributed by atoms with van der Waals surface area (Å²) < 4.78 is 1.77. The van der Waals surface area contributed by atoms with Gasteiger partial charge in [-0.05, 0) is 13.3 Å². The number of nitrogens with zero attached hydrogens (tertiary/aromatic N) is 3. The molecule has 1 aromatic rings. The molecule has 102 valence electrons. The molecule has 1 aromatic heterocycles. The van der Waals surface area contributed by atoms with Crippen molar-refractivity contribution in [1.29, 1.82) is 0 Å². The van der Waals surface area contributed by atoms with E-state index >= 15 is 0 Å². The van der Waals surface area contributed by atoms with Gasteiger partial charge in [0.05, 0.1) is 23.0 Å². The average Bonchev–Trinajstić information content (AvgIpc) is 2.64. The summed E-state index contributed by atoms with van der Waals surface area (Å²) in [5.74, 6) is 0.0755. The predicted octanol–water partition coefficient (Wildman–Crippen LogP) is 1.20. The van der Waals surface area contributed by atoms with Crippen molar-refractivity contribution < 1.29 is 4.79 Å². The lowest BCUT2D eigenvalue weighted by atomic mass is 10.3. The van der Waals surface area contributed by atoms with Crippen molar-refractivity contribution in [1.82, 2.24) is 20.0 Å². The molecule has 1 N–H and O–H groups in total. The highest BCUT2D eigenvalue weighted by molar-refractivity contribution is 6.31. The van der Waals surface area contributed by atoms with E-state index < -0.39 is 0 Å². The standard InChI is InChI=1S/C12H21ClN4O/c1-5-9-12(13)10(17(4)15-9)7-14-8-11(18)16(3)6-2/h14H,5-8H2,1-4H3. The first-order chi connectivity index (χ1) is 8.51. The minimum Gasteiger partial charge on any atom is -0.345 e. The van der Waals surface area contributed by atoms with Gasteiger partial charge in [0, 0.05) is 27.2 Å². The van der Waals surface area contributed by atoms with Gasteiger partial charge in [-0.15, -0.1) is 0 Å². The SMILES string of the molecule is CCc1nn(C)c(CNCC(=O)N(C)CC)c1Cl. The smallest absolute Gasteiger partial charge is 0.236 e. The number of rotatable bonds is 6. The van der Waals surface area contributed by atoms with Crippen molar-refractivity contribution in [2.45, 2.75) is 26.8 Å². The van der Waals surface area contributed by atoms with Crippen molar-refractivity contribution in [2.75, 3.05) is 20.1 Å². The highest BCUT2D eigenvalue weighted by Crippen LogP contribution is 2.20. The first-order valence-corrected chi connectivity index (χ1v) is 6.53. The minimum absolute atomic E-state index is 0.0755. The van der Waals surface area contributed by atoms with Crippen molar-refractivity contribution >= 4 is 17.5 Å². The molecule has 1 rings (SSSR count). The van der Waals surface area contributed by atoms with Crippen LogP contribution in [0, 0.1) is 0 Å². The van der Waals surface area contributed by atoms with Gasteiger partial charge in [-0.2, -0.15) is 5.10 Å². The molecule has 0 fully saturated rings. The number of likely N-dealkylation sites (N-methyl/N-ethyl adjacent to an activating group) is 1. The molecule has 1 amide bonds. The first-order valence-electron chi connectivity index (χ1n) is 6.16. The molecule has 0 saturated heterocycles. The predicted molar refractivity (Wildman–Crippen MR) is 72.6 cm³/mol. The lowest BCUT2D eigenvalue weighted by Gasteiger charge is -2.14. The molecule has 0 aliphatic rings. The summed E-state index contributed by atoms with van der Waals surface area (Å²) in [6.45, 7) is 5.54. The fraction of sp³-hybridized carbons (Fsp3) is 0.667. The van der Waals surface area contributed by atoms with E-state index in [-0.39, 0.29) is 5.91 Å². The van der Waals surface area contributed by atoms with Gasteiger partial charge in [-0.1, -0.05) is 18.5 Å². The van der Waals surface area contributed by atoms with Crippen LogP contribution in [0.15, 0.2) is 0 Å². The van der Waals surface area contributed by atoms with Crippen molar-refractivity contribution in [2.24, 2.45) is 7.05 Å². The Hall–Kier alpha value is -1.07. The number of amides is 1. The third-order valence-corrected chi connectivity index (χ3v) is 3.41. The molecule has 0 radical (unpaired) electrons. The van der Waals surface area contributed by atoms with Gasteiger partial charge in [0.15, 0.2) is 0 Å². The molecule has 0 spiro atoms. The summed E-state index contributed by atoms with van der Waals surface area (Å²) in [4.78, 5) is 13.3. The minimum atomic E-state index is 0.0755. The summed E-state index contributed by atoms with van der Waals surface area (Å²) in [5.41, 5.74) is 1.81. The second-order valence-corrected chi connectivity index (χ2v) is 4.57. The molecular weight excluding hydrogens is 252 g/mol. The van der Waals surface area contributed by atoms with E-state index in [9.17, 15) is 4.79 Å². The van der Waals surface area contributed by atoms with Gasteiger partial charge in [-0.3, -0.25) is 9.48 Å². The monoisotopic (exact) mass is 272 g/mol. The molecule has 0 unspecified atom stereocenters. The Labute approximate surface area is 113 Å². The molecule has 0 saturated carbocycles. The number of hydrogen-bond donors (Lipinski definition) is 1. The zero-order valence-electron chi connectivity index (χ0n) is 11.5. The van der Waals surface area contributed by atoms with E-state index in [2.05, 4.69) is 10.4 Å². The number of hydrogen-bond acceptors (Lipinski definition) is 3. The highest BCUT2D eigenvalue weighted by atomic mass is 35.5. The van der Waals surface area contributed by atoms with E-state index in [4.69, 9.17) is 11.6 Å². The van der Waals surface area contributed by atoms with Gasteiger partial charge < -0.3 is 10.2 Å². The van der Waals surface area contributed by atoms with Crippen molar-refractivity contribution in [3.63, 3.8) is 0 Å². The number of carbonyl (C=O) groups excluding carboxylic acids is 1. The normalized spacial score (nSPS) is 10.7. The molecule has 0 aromatic carbocycles. The molecule has 0 aliphatic heterocycles. The lowest BCUT2D eigenvalue weighted by Crippen LogP contribution is -2.35. The van der Waals surface area contributed by atoms with E-state index in [1.165, 1.54) is 0 Å². The molecule has 18 heavy (non-hydrogen) atoms. The van der Waals surface area contributed by atoms with E-state index in [1.54, 1.807) is 16.6 Å². The van der Waals surface area contributed by atoms with Crippen LogP contribution in [0.1, 0.15) is 25.2 Å². The van der Waals surface area contributed by atoms with Crippen LogP contribution >= 0.6 is 11.6 Å². The molecule has 1 heterocycles. The Morgan fingerprint density at radius 3 is 2.67 bits per heavy atom. The quantitative estimate of drug-likeness (QED) is 0.847. The Kier molecular flexibility index (Phi) is 5.62. The second-order valence-electron chi connectivity index (χ2n) is 4.20. The number of halogens is 1. The van der Waals surface area contributed by atoms with Crippen LogP contribution in [-0.4, -0.2) is 40.7 Å². The first kappa shape index (κ1) is 15.0. The van der Waals surface area contributed by atoms with Crippen LogP contribution < -0.4 is 5.32 Å². The fourth-order valence-electron chi connectivity index (χ4n) is 1.61. The zero-order chi connectivity index (χ0) is 13.7. The highest BCUT2D eigenvalue weighted by Gasteiger charge is 2.13.